The molecule has 0 fully saturated rings. The van der Waals surface area contributed by atoms with E-state index in [1.807, 2.05) is 0 Å². The van der Waals surface area contributed by atoms with Crippen LogP contribution in [0.3, 0.4) is 0 Å². The molecule has 0 N–H and O–H groups in total. The van der Waals surface area contributed by atoms with Crippen LogP contribution in [0.25, 0.3) is 0 Å². The minimum Gasteiger partial charge on any atom is -0.264 e. The first kappa shape index (κ1) is 9.11. The van der Waals surface area contributed by atoms with Gasteiger partial charge in [-0.25, -0.2) is 0 Å². The van der Waals surface area contributed by atoms with Crippen LogP contribution >= 0.6 is 0 Å². The van der Waals surface area contributed by atoms with E-state index in [4.69, 9.17) is 0 Å². The Morgan fingerprint density at radius 2 is 1.62 bits per heavy atom. The van der Waals surface area contributed by atoms with Crippen LogP contribution in [0.15, 0.2) is 24.3 Å². The average Bonchev–Trinajstić information content (AvgIpc) is 2.04. The molecule has 1 rings (SSSR count). The van der Waals surface area contributed by atoms with Gasteiger partial charge in [0.1, 0.15) is 0 Å². The average molecular weight is 181 g/mol. The summed E-state index contributed by atoms with van der Waals surface area (Å²) < 4.78 is 0. The first-order valence-corrected chi connectivity index (χ1v) is 3.32. The van der Waals surface area contributed by atoms with Crippen LogP contribution < -0.4 is 0 Å². The van der Waals surface area contributed by atoms with Gasteiger partial charge in [0, 0.05) is 22.6 Å². The Hall–Kier alpha value is -1.98. The molecule has 0 amide bonds. The van der Waals surface area contributed by atoms with Crippen molar-refractivity contribution < 1.29 is 9.85 Å². The van der Waals surface area contributed by atoms with Crippen molar-refractivity contribution in [2.45, 2.75) is 0 Å². The minimum atomic E-state index is -0.610. The second kappa shape index (κ2) is 3.61. The van der Waals surface area contributed by atoms with Crippen molar-refractivity contribution in [3.8, 4) is 0 Å². The monoisotopic (exact) mass is 181 g/mol. The van der Waals surface area contributed by atoms with Crippen LogP contribution in [0.4, 0.5) is 5.69 Å². The lowest BCUT2D eigenvalue weighted by molar-refractivity contribution is -0.429. The Bertz CT molecular complexity index is 333. The summed E-state index contributed by atoms with van der Waals surface area (Å²) in [7, 11) is 0. The Morgan fingerprint density at radius 1 is 1.08 bits per heavy atom. The first-order valence-electron chi connectivity index (χ1n) is 3.32. The molecule has 0 saturated carbocycles. The predicted molar refractivity (Wildman–Crippen MR) is 43.5 cm³/mol. The molecule has 0 spiro atoms. The van der Waals surface area contributed by atoms with Gasteiger partial charge in [-0.15, -0.1) is 0 Å². The van der Waals surface area contributed by atoms with Crippen molar-refractivity contribution in [3.05, 3.63) is 56.6 Å². The van der Waals surface area contributed by atoms with E-state index in [9.17, 15) is 20.2 Å². The lowest BCUT2D eigenvalue weighted by Gasteiger charge is -1.92. The van der Waals surface area contributed by atoms with Crippen molar-refractivity contribution in [1.82, 2.24) is 0 Å². The maximum absolute atomic E-state index is 10.2. The highest BCUT2D eigenvalue weighted by Crippen LogP contribution is 2.12. The first-order chi connectivity index (χ1) is 6.09. The van der Waals surface area contributed by atoms with Gasteiger partial charge in [-0.2, -0.15) is 0 Å². The molecule has 67 valence electrons. The lowest BCUT2D eigenvalue weighted by Crippen LogP contribution is -1.95. The van der Waals surface area contributed by atoms with Crippen LogP contribution in [0.1, 0.15) is 5.56 Å². The van der Waals surface area contributed by atoms with Gasteiger partial charge in [-0.1, -0.05) is 0 Å². The number of hydrogen-bond acceptors (Lipinski definition) is 4. The number of nitrogens with zero attached hydrogens (tertiary/aromatic N) is 2. The van der Waals surface area contributed by atoms with E-state index in [1.165, 1.54) is 24.3 Å². The fraction of sp³-hybridized carbons (Fsp3) is 0. The van der Waals surface area contributed by atoms with Crippen molar-refractivity contribution in [2.75, 3.05) is 0 Å². The summed E-state index contributed by atoms with van der Waals surface area (Å²) in [6.07, 6.45) is 0. The van der Waals surface area contributed by atoms with Crippen molar-refractivity contribution in [1.29, 1.82) is 0 Å². The van der Waals surface area contributed by atoms with Crippen LogP contribution in [0.5, 0.6) is 0 Å². The largest absolute Gasteiger partial charge is 0.308 e. The zero-order valence-corrected chi connectivity index (χ0v) is 6.41. The molecule has 0 unspecified atom stereocenters. The number of nitro groups is 2. The fourth-order valence-corrected chi connectivity index (χ4v) is 0.804. The summed E-state index contributed by atoms with van der Waals surface area (Å²) in [5.74, 6) is 0. The minimum absolute atomic E-state index is 0.0829. The number of nitro benzene ring substituents is 1. The van der Waals surface area contributed by atoms with Crippen LogP contribution in [-0.2, 0) is 0 Å². The molecule has 6 heteroatoms. The van der Waals surface area contributed by atoms with E-state index in [0.717, 1.165) is 6.54 Å². The van der Waals surface area contributed by atoms with Gasteiger partial charge in [0.2, 0.25) is 0 Å². The van der Waals surface area contributed by atoms with E-state index in [1.54, 1.807) is 0 Å². The molecular formula is C7H5N2O4. The Kier molecular flexibility index (Phi) is 2.53. The second-order valence-corrected chi connectivity index (χ2v) is 2.26. The highest BCUT2D eigenvalue weighted by Gasteiger charge is 2.07. The Morgan fingerprint density at radius 3 is 2.00 bits per heavy atom. The van der Waals surface area contributed by atoms with Crippen LogP contribution in [0.2, 0.25) is 0 Å². The number of benzene rings is 1. The molecule has 6 nitrogen and oxygen atoms in total. The molecule has 0 aliphatic heterocycles. The van der Waals surface area contributed by atoms with Gasteiger partial charge in [-0.05, 0) is 12.1 Å². The van der Waals surface area contributed by atoms with Crippen LogP contribution in [-0.4, -0.2) is 9.85 Å². The van der Waals surface area contributed by atoms with E-state index < -0.39 is 9.85 Å². The molecule has 0 aliphatic carbocycles. The maximum Gasteiger partial charge on any atom is 0.308 e. The third-order valence-electron chi connectivity index (χ3n) is 1.36. The standard InChI is InChI=1S/C7H5N2O4/c10-8(11)5-6-1-3-7(4-2-6)9(12)13/h1-5H. The third-order valence-corrected chi connectivity index (χ3v) is 1.36. The van der Waals surface area contributed by atoms with E-state index in [-0.39, 0.29) is 5.69 Å². The quantitative estimate of drug-likeness (QED) is 0.520. The van der Waals surface area contributed by atoms with Crippen LogP contribution in [0, 0.1) is 26.8 Å². The molecule has 0 aromatic heterocycles. The zero-order valence-electron chi connectivity index (χ0n) is 6.41. The predicted octanol–water partition coefficient (Wildman–Crippen LogP) is 1.38. The molecular weight excluding hydrogens is 176 g/mol. The normalized spacial score (nSPS) is 9.54. The van der Waals surface area contributed by atoms with Gasteiger partial charge in [0.15, 0.2) is 0 Å². The van der Waals surface area contributed by atoms with E-state index in [0.29, 0.717) is 5.56 Å². The molecule has 0 aliphatic rings. The molecule has 1 aromatic carbocycles. The number of non-ortho nitro benzene ring substituents is 1. The van der Waals surface area contributed by atoms with Crippen molar-refractivity contribution >= 4 is 5.69 Å². The lowest BCUT2D eigenvalue weighted by atomic mass is 10.2. The van der Waals surface area contributed by atoms with Gasteiger partial charge in [-0.3, -0.25) is 20.2 Å². The van der Waals surface area contributed by atoms with Gasteiger partial charge < -0.3 is 0 Å². The summed E-state index contributed by atoms with van der Waals surface area (Å²) in [6.45, 7) is 0.781. The summed E-state index contributed by atoms with van der Waals surface area (Å²) >= 11 is 0. The maximum atomic E-state index is 10.2. The van der Waals surface area contributed by atoms with Crippen molar-refractivity contribution in [3.63, 3.8) is 0 Å². The second-order valence-electron chi connectivity index (χ2n) is 2.26. The molecule has 0 heterocycles. The molecule has 1 aromatic rings. The zero-order chi connectivity index (χ0) is 9.84. The summed E-state index contributed by atoms with van der Waals surface area (Å²) in [5, 5.41) is 20.2. The molecule has 1 radical (unpaired) electrons. The highest BCUT2D eigenvalue weighted by molar-refractivity contribution is 5.34. The molecule has 13 heavy (non-hydrogen) atoms. The number of rotatable bonds is 3. The summed E-state index contributed by atoms with van der Waals surface area (Å²) in [5.41, 5.74) is 0.246. The van der Waals surface area contributed by atoms with Crippen molar-refractivity contribution in [2.24, 2.45) is 0 Å². The Balaban J connectivity index is 2.81. The van der Waals surface area contributed by atoms with Gasteiger partial charge >= 0.3 is 6.54 Å². The van der Waals surface area contributed by atoms with E-state index >= 15 is 0 Å². The molecule has 0 atom stereocenters. The third kappa shape index (κ3) is 2.51. The summed E-state index contributed by atoms with van der Waals surface area (Å²) in [4.78, 5) is 19.0. The fourth-order valence-electron chi connectivity index (χ4n) is 0.804. The van der Waals surface area contributed by atoms with Gasteiger partial charge in [0.25, 0.3) is 5.69 Å². The topological polar surface area (TPSA) is 86.3 Å². The summed E-state index contributed by atoms with van der Waals surface area (Å²) in [6, 6.07) is 5.08. The SMILES string of the molecule is O=[N+]([O-])[CH]c1ccc([N+](=O)[O-])cc1. The molecule has 0 saturated heterocycles. The molecule has 0 bridgehead atoms. The number of hydrogen-bond donors (Lipinski definition) is 0. The highest BCUT2D eigenvalue weighted by atomic mass is 16.6. The van der Waals surface area contributed by atoms with Gasteiger partial charge in [0.05, 0.1) is 4.92 Å². The smallest absolute Gasteiger partial charge is 0.264 e. The Labute approximate surface area is 73.1 Å². The van der Waals surface area contributed by atoms with E-state index in [2.05, 4.69) is 0 Å².